The molecule has 0 aliphatic carbocycles. The molecule has 2 aromatic carbocycles. The lowest BCUT2D eigenvalue weighted by Gasteiger charge is -2.31. The maximum absolute atomic E-state index is 14.0. The first-order chi connectivity index (χ1) is 19.6. The van der Waals surface area contributed by atoms with Gasteiger partial charge < -0.3 is 25.0 Å². The van der Waals surface area contributed by atoms with Gasteiger partial charge in [0.1, 0.15) is 36.4 Å². The molecule has 0 heterocycles. The van der Waals surface area contributed by atoms with Gasteiger partial charge in [0.05, 0.1) is 6.07 Å². The number of nitrogens with one attached hydrogen (secondary N) is 2. The molecule has 0 aromatic heterocycles. The van der Waals surface area contributed by atoms with Crippen molar-refractivity contribution in [2.24, 2.45) is 0 Å². The van der Waals surface area contributed by atoms with Gasteiger partial charge in [0, 0.05) is 6.42 Å². The van der Waals surface area contributed by atoms with Gasteiger partial charge in [-0.1, -0.05) is 61.5 Å². The normalized spacial score (nSPS) is 12.7. The molecule has 0 bridgehead atoms. The second-order valence-electron chi connectivity index (χ2n) is 11.8. The molecule has 2 unspecified atom stereocenters. The van der Waals surface area contributed by atoms with Crippen LogP contribution in [0.15, 0.2) is 54.6 Å². The van der Waals surface area contributed by atoms with Crippen LogP contribution < -0.4 is 10.6 Å². The SMILES string of the molecule is CCc1ccc(C(C(=O)NC(Cc2ccccc2)C(=O)OC(C)(C)C)N(CC#N)C(=O)CNC(=O)OC(C)(C)C)cc1. The predicted molar refractivity (Wildman–Crippen MR) is 158 cm³/mol. The number of hydrogen-bond donors (Lipinski definition) is 2. The number of ether oxygens (including phenoxy) is 2. The Morgan fingerprint density at radius 3 is 2.00 bits per heavy atom. The van der Waals surface area contributed by atoms with Gasteiger partial charge in [-0.05, 0) is 64.7 Å². The van der Waals surface area contributed by atoms with Gasteiger partial charge >= 0.3 is 12.1 Å². The minimum atomic E-state index is -1.27. The Bertz CT molecular complexity index is 1260. The van der Waals surface area contributed by atoms with E-state index < -0.39 is 60.3 Å². The fourth-order valence-electron chi connectivity index (χ4n) is 4.04. The molecular formula is C32H42N4O6. The van der Waals surface area contributed by atoms with Crippen LogP contribution in [0.3, 0.4) is 0 Å². The summed E-state index contributed by atoms with van der Waals surface area (Å²) < 4.78 is 10.8. The number of amides is 3. The summed E-state index contributed by atoms with van der Waals surface area (Å²) in [5, 5.41) is 14.8. The number of nitrogens with zero attached hydrogens (tertiary/aromatic N) is 2. The van der Waals surface area contributed by atoms with Crippen LogP contribution in [0.1, 0.15) is 71.2 Å². The Labute approximate surface area is 248 Å². The van der Waals surface area contributed by atoms with Crippen molar-refractivity contribution in [2.45, 2.75) is 84.6 Å². The molecule has 2 rings (SSSR count). The number of benzene rings is 2. The van der Waals surface area contributed by atoms with Gasteiger partial charge in [-0.2, -0.15) is 5.26 Å². The van der Waals surface area contributed by atoms with E-state index in [0.29, 0.717) is 5.56 Å². The monoisotopic (exact) mass is 578 g/mol. The number of alkyl carbamates (subject to hydrolysis) is 1. The number of rotatable bonds is 11. The summed E-state index contributed by atoms with van der Waals surface area (Å²) in [5.74, 6) is -1.99. The molecule has 10 heteroatoms. The molecule has 2 atom stereocenters. The number of carbonyl (C=O) groups is 4. The Kier molecular flexibility index (Phi) is 12.1. The first kappa shape index (κ1) is 33.8. The molecular weight excluding hydrogens is 536 g/mol. The molecule has 0 saturated heterocycles. The number of nitriles is 1. The smallest absolute Gasteiger partial charge is 0.408 e. The van der Waals surface area contributed by atoms with Gasteiger partial charge in [0.25, 0.3) is 0 Å². The third-order valence-electron chi connectivity index (χ3n) is 5.90. The zero-order valence-electron chi connectivity index (χ0n) is 25.5. The molecule has 0 saturated carbocycles. The highest BCUT2D eigenvalue weighted by atomic mass is 16.6. The van der Waals surface area contributed by atoms with Crippen molar-refractivity contribution >= 4 is 23.9 Å². The lowest BCUT2D eigenvalue weighted by molar-refractivity contribution is -0.159. The van der Waals surface area contributed by atoms with Gasteiger partial charge in [-0.25, -0.2) is 9.59 Å². The fourth-order valence-corrected chi connectivity index (χ4v) is 4.04. The average Bonchev–Trinajstić information content (AvgIpc) is 2.90. The van der Waals surface area contributed by atoms with Crippen LogP contribution in [0.5, 0.6) is 0 Å². The molecule has 0 spiro atoms. The number of hydrogen-bond acceptors (Lipinski definition) is 7. The van der Waals surface area contributed by atoms with Crippen LogP contribution in [0, 0.1) is 11.3 Å². The molecule has 0 aliphatic rings. The topological polar surface area (TPSA) is 138 Å². The standard InChI is InChI=1S/C32H42N4O6/c1-8-22-14-16-24(17-15-22)27(36(19-18-33)26(37)21-34-30(40)42-32(5,6)7)28(38)35-25(29(39)41-31(2,3)4)20-23-12-10-9-11-13-23/h9-17,25,27H,8,19-21H2,1-7H3,(H,34,40)(H,35,38). The van der Waals surface area contributed by atoms with E-state index in [9.17, 15) is 24.4 Å². The lowest BCUT2D eigenvalue weighted by Crippen LogP contribution is -2.52. The van der Waals surface area contributed by atoms with E-state index in [1.54, 1.807) is 53.7 Å². The van der Waals surface area contributed by atoms with Crippen molar-refractivity contribution in [3.63, 3.8) is 0 Å². The summed E-state index contributed by atoms with van der Waals surface area (Å²) in [5.41, 5.74) is 0.663. The number of carbonyl (C=O) groups excluding carboxylic acids is 4. The van der Waals surface area contributed by atoms with E-state index in [4.69, 9.17) is 9.47 Å². The summed E-state index contributed by atoms with van der Waals surface area (Å²) in [6.45, 7) is 11.3. The predicted octanol–water partition coefficient (Wildman–Crippen LogP) is 4.24. The molecule has 2 N–H and O–H groups in total. The highest BCUT2D eigenvalue weighted by molar-refractivity contribution is 5.93. The minimum absolute atomic E-state index is 0.148. The second-order valence-corrected chi connectivity index (χ2v) is 11.8. The van der Waals surface area contributed by atoms with Crippen molar-refractivity contribution < 1.29 is 28.7 Å². The van der Waals surface area contributed by atoms with Crippen LogP contribution in [-0.2, 0) is 36.7 Å². The molecule has 2 aromatic rings. The van der Waals surface area contributed by atoms with Gasteiger partial charge in [-0.3, -0.25) is 9.59 Å². The summed E-state index contributed by atoms with van der Waals surface area (Å²) in [6.07, 6.45) is 0.0965. The second kappa shape index (κ2) is 15.0. The van der Waals surface area contributed by atoms with E-state index in [1.807, 2.05) is 55.5 Å². The number of esters is 1. The molecule has 226 valence electrons. The molecule has 3 amide bonds. The largest absolute Gasteiger partial charge is 0.458 e. The summed E-state index contributed by atoms with van der Waals surface area (Å²) in [7, 11) is 0. The highest BCUT2D eigenvalue weighted by Gasteiger charge is 2.35. The van der Waals surface area contributed by atoms with Crippen LogP contribution in [0.25, 0.3) is 0 Å². The van der Waals surface area contributed by atoms with Crippen molar-refractivity contribution in [2.75, 3.05) is 13.1 Å². The Morgan fingerprint density at radius 1 is 0.881 bits per heavy atom. The van der Waals surface area contributed by atoms with E-state index >= 15 is 0 Å². The quantitative estimate of drug-likeness (QED) is 0.301. The van der Waals surface area contributed by atoms with Gasteiger partial charge in [0.2, 0.25) is 11.8 Å². The van der Waals surface area contributed by atoms with Crippen LogP contribution in [-0.4, -0.2) is 59.1 Å². The highest BCUT2D eigenvalue weighted by Crippen LogP contribution is 2.23. The first-order valence-electron chi connectivity index (χ1n) is 13.9. The Hall–Kier alpha value is -4.39. The molecule has 0 radical (unpaired) electrons. The Balaban J connectivity index is 2.45. The third kappa shape index (κ3) is 11.2. The van der Waals surface area contributed by atoms with E-state index in [-0.39, 0.29) is 6.42 Å². The lowest BCUT2D eigenvalue weighted by atomic mass is 10.00. The minimum Gasteiger partial charge on any atom is -0.458 e. The van der Waals surface area contributed by atoms with Crippen molar-refractivity contribution in [1.29, 1.82) is 5.26 Å². The average molecular weight is 579 g/mol. The molecule has 42 heavy (non-hydrogen) atoms. The van der Waals surface area contributed by atoms with E-state index in [1.165, 1.54) is 0 Å². The van der Waals surface area contributed by atoms with Crippen molar-refractivity contribution in [1.82, 2.24) is 15.5 Å². The van der Waals surface area contributed by atoms with Crippen LogP contribution >= 0.6 is 0 Å². The molecule has 0 fully saturated rings. The zero-order valence-corrected chi connectivity index (χ0v) is 25.5. The maximum Gasteiger partial charge on any atom is 0.408 e. The van der Waals surface area contributed by atoms with Gasteiger partial charge in [-0.15, -0.1) is 0 Å². The number of aryl methyl sites for hydroxylation is 1. The summed E-state index contributed by atoms with van der Waals surface area (Å²) in [6, 6.07) is 15.8. The third-order valence-corrected chi connectivity index (χ3v) is 5.90. The van der Waals surface area contributed by atoms with Crippen LogP contribution in [0.2, 0.25) is 0 Å². The van der Waals surface area contributed by atoms with Crippen molar-refractivity contribution in [3.8, 4) is 6.07 Å². The van der Waals surface area contributed by atoms with E-state index in [2.05, 4.69) is 10.6 Å². The zero-order chi connectivity index (χ0) is 31.5. The first-order valence-corrected chi connectivity index (χ1v) is 13.9. The van der Waals surface area contributed by atoms with Crippen LogP contribution in [0.4, 0.5) is 4.79 Å². The molecule has 10 nitrogen and oxygen atoms in total. The summed E-state index contributed by atoms with van der Waals surface area (Å²) >= 11 is 0. The Morgan fingerprint density at radius 2 is 1.48 bits per heavy atom. The fraction of sp³-hybridized carbons (Fsp3) is 0.469. The van der Waals surface area contributed by atoms with E-state index in [0.717, 1.165) is 22.4 Å². The molecule has 0 aliphatic heterocycles. The maximum atomic E-state index is 14.0. The van der Waals surface area contributed by atoms with Crippen molar-refractivity contribution in [3.05, 3.63) is 71.3 Å². The van der Waals surface area contributed by atoms with Gasteiger partial charge in [0.15, 0.2) is 0 Å². The summed E-state index contributed by atoms with van der Waals surface area (Å²) in [4.78, 5) is 53.9.